The third-order valence-electron chi connectivity index (χ3n) is 3.89. The minimum absolute atomic E-state index is 0.429. The summed E-state index contributed by atoms with van der Waals surface area (Å²) < 4.78 is 10.7. The van der Waals surface area contributed by atoms with E-state index in [2.05, 4.69) is 31.0 Å². The maximum absolute atomic E-state index is 11.1. The van der Waals surface area contributed by atoms with Crippen LogP contribution in [0.25, 0.3) is 10.9 Å². The highest BCUT2D eigenvalue weighted by Crippen LogP contribution is 2.34. The molecule has 0 radical (unpaired) electrons. The summed E-state index contributed by atoms with van der Waals surface area (Å²) in [5, 5.41) is 3.96. The molecule has 10 heteroatoms. The van der Waals surface area contributed by atoms with E-state index in [0.29, 0.717) is 34.2 Å². The van der Waals surface area contributed by atoms with Gasteiger partial charge in [-0.2, -0.15) is 4.98 Å². The lowest BCUT2D eigenvalue weighted by molar-refractivity contribution is 0.250. The third-order valence-corrected chi connectivity index (χ3v) is 3.89. The van der Waals surface area contributed by atoms with Gasteiger partial charge in [-0.25, -0.2) is 9.78 Å². The second-order valence-corrected chi connectivity index (χ2v) is 5.45. The molecule has 5 N–H and O–H groups in total. The van der Waals surface area contributed by atoms with Gasteiger partial charge in [-0.15, -0.1) is 0 Å². The van der Waals surface area contributed by atoms with Gasteiger partial charge in [-0.3, -0.25) is 10.9 Å². The maximum Gasteiger partial charge on any atom is 0.330 e. The number of benzene rings is 1. The van der Waals surface area contributed by atoms with Crippen molar-refractivity contribution in [2.24, 2.45) is 5.73 Å². The molecule has 1 aliphatic heterocycles. The minimum Gasteiger partial charge on any atom is -0.493 e. The van der Waals surface area contributed by atoms with Crippen molar-refractivity contribution in [1.29, 1.82) is 0 Å². The Morgan fingerprint density at radius 2 is 1.88 bits per heavy atom. The quantitative estimate of drug-likeness (QED) is 0.559. The van der Waals surface area contributed by atoms with Crippen molar-refractivity contribution in [3.05, 3.63) is 12.1 Å². The number of nitrogens with one attached hydrogen (secondary N) is 3. The summed E-state index contributed by atoms with van der Waals surface area (Å²) >= 11 is 0. The van der Waals surface area contributed by atoms with E-state index in [4.69, 9.17) is 15.2 Å². The number of rotatable bonds is 5. The Morgan fingerprint density at radius 1 is 1.20 bits per heavy atom. The molecule has 1 fully saturated rings. The zero-order valence-corrected chi connectivity index (χ0v) is 14.1. The molecule has 2 amide bonds. The second-order valence-electron chi connectivity index (χ2n) is 5.45. The van der Waals surface area contributed by atoms with E-state index in [1.807, 2.05) is 0 Å². The van der Waals surface area contributed by atoms with Crippen LogP contribution in [0.5, 0.6) is 11.5 Å². The molecule has 10 nitrogen and oxygen atoms in total. The predicted molar refractivity (Wildman–Crippen MR) is 94.1 cm³/mol. The van der Waals surface area contributed by atoms with E-state index >= 15 is 0 Å². The summed E-state index contributed by atoms with van der Waals surface area (Å²) in [6.45, 7) is 3.30. The molecule has 0 atom stereocenters. The number of aromatic nitrogens is 2. The lowest BCUT2D eigenvalue weighted by Gasteiger charge is -2.28. The molecular formula is C15H21N7O3. The molecule has 2 aromatic rings. The summed E-state index contributed by atoms with van der Waals surface area (Å²) in [5.41, 5.74) is 10.9. The number of anilines is 2. The van der Waals surface area contributed by atoms with Crippen LogP contribution in [0.4, 0.5) is 16.6 Å². The Kier molecular flexibility index (Phi) is 4.89. The van der Waals surface area contributed by atoms with Gasteiger partial charge in [-0.1, -0.05) is 0 Å². The van der Waals surface area contributed by atoms with Crippen LogP contribution < -0.4 is 36.3 Å². The number of piperazine rings is 1. The Balaban J connectivity index is 2.10. The van der Waals surface area contributed by atoms with Crippen molar-refractivity contribution in [3.63, 3.8) is 0 Å². The molecule has 0 unspecified atom stereocenters. The van der Waals surface area contributed by atoms with Crippen LogP contribution in [-0.4, -0.2) is 56.4 Å². The average molecular weight is 347 g/mol. The van der Waals surface area contributed by atoms with Crippen LogP contribution in [-0.2, 0) is 0 Å². The van der Waals surface area contributed by atoms with E-state index in [0.717, 1.165) is 26.2 Å². The largest absolute Gasteiger partial charge is 0.493 e. The molecule has 0 spiro atoms. The van der Waals surface area contributed by atoms with Gasteiger partial charge in [0.15, 0.2) is 17.3 Å². The highest BCUT2D eigenvalue weighted by molar-refractivity contribution is 5.93. The van der Waals surface area contributed by atoms with Gasteiger partial charge in [-0.05, 0) is 6.07 Å². The second kappa shape index (κ2) is 7.26. The number of urea groups is 1. The number of methoxy groups -OCH3 is 2. The Labute approximate surface area is 144 Å². The monoisotopic (exact) mass is 347 g/mol. The zero-order valence-electron chi connectivity index (χ0n) is 14.1. The molecule has 0 bridgehead atoms. The fraction of sp³-hybridized carbons (Fsp3) is 0.400. The van der Waals surface area contributed by atoms with E-state index < -0.39 is 6.03 Å². The molecule has 0 aliphatic carbocycles. The van der Waals surface area contributed by atoms with Crippen LogP contribution in [0.1, 0.15) is 0 Å². The van der Waals surface area contributed by atoms with Crippen molar-refractivity contribution in [3.8, 4) is 11.5 Å². The molecule has 1 aliphatic rings. The lowest BCUT2D eigenvalue weighted by Crippen LogP contribution is -2.44. The smallest absolute Gasteiger partial charge is 0.330 e. The van der Waals surface area contributed by atoms with Crippen LogP contribution in [0, 0.1) is 0 Å². The molecule has 2 heterocycles. The summed E-state index contributed by atoms with van der Waals surface area (Å²) in [5.74, 6) is 2.10. The number of carbonyl (C=O) groups excluding carboxylic acids is 1. The Morgan fingerprint density at radius 3 is 2.52 bits per heavy atom. The lowest BCUT2D eigenvalue weighted by atomic mass is 10.2. The van der Waals surface area contributed by atoms with Crippen LogP contribution in [0.2, 0.25) is 0 Å². The fourth-order valence-corrected chi connectivity index (χ4v) is 2.67. The summed E-state index contributed by atoms with van der Waals surface area (Å²) in [6.07, 6.45) is 0. The maximum atomic E-state index is 11.1. The van der Waals surface area contributed by atoms with Crippen molar-refractivity contribution in [2.45, 2.75) is 0 Å². The number of hydrazine groups is 1. The molecule has 25 heavy (non-hydrogen) atoms. The number of carbonyl (C=O) groups is 1. The molecule has 1 saturated heterocycles. The first kappa shape index (κ1) is 16.8. The molecule has 1 aromatic carbocycles. The van der Waals surface area contributed by atoms with E-state index in [-0.39, 0.29) is 0 Å². The number of primary amides is 1. The van der Waals surface area contributed by atoms with Gasteiger partial charge < -0.3 is 25.4 Å². The minimum atomic E-state index is -0.712. The van der Waals surface area contributed by atoms with Gasteiger partial charge in [0.05, 0.1) is 19.7 Å². The number of hydrogen-bond acceptors (Lipinski definition) is 8. The highest BCUT2D eigenvalue weighted by Gasteiger charge is 2.18. The average Bonchev–Trinajstić information content (AvgIpc) is 2.65. The Hall–Kier alpha value is -3.01. The van der Waals surface area contributed by atoms with Crippen molar-refractivity contribution < 1.29 is 14.3 Å². The van der Waals surface area contributed by atoms with E-state index in [1.165, 1.54) is 0 Å². The summed E-state index contributed by atoms with van der Waals surface area (Å²) in [7, 11) is 3.12. The number of nitrogens with zero attached hydrogens (tertiary/aromatic N) is 3. The molecule has 0 saturated carbocycles. The SMILES string of the molecule is COc1cc2nc(N3CCNCC3)nc(NNC(N)=O)c2cc1OC. The molecule has 134 valence electrons. The first-order valence-electron chi connectivity index (χ1n) is 7.83. The van der Waals surface area contributed by atoms with Gasteiger partial charge in [0, 0.05) is 37.6 Å². The summed E-state index contributed by atoms with van der Waals surface area (Å²) in [6, 6.07) is 2.81. The zero-order chi connectivity index (χ0) is 17.8. The van der Waals surface area contributed by atoms with Gasteiger partial charge in [0.1, 0.15) is 0 Å². The third kappa shape index (κ3) is 3.58. The van der Waals surface area contributed by atoms with Crippen LogP contribution in [0.3, 0.4) is 0 Å². The van der Waals surface area contributed by atoms with Gasteiger partial charge in [0.2, 0.25) is 5.95 Å². The highest BCUT2D eigenvalue weighted by atomic mass is 16.5. The number of ether oxygens (including phenoxy) is 2. The predicted octanol–water partition coefficient (Wildman–Crippen LogP) is 0.0518. The summed E-state index contributed by atoms with van der Waals surface area (Å²) in [4.78, 5) is 22.3. The van der Waals surface area contributed by atoms with E-state index in [1.54, 1.807) is 26.4 Å². The topological polar surface area (TPSA) is 127 Å². The first-order chi connectivity index (χ1) is 12.1. The number of amides is 2. The molecule has 1 aromatic heterocycles. The number of fused-ring (bicyclic) bond motifs is 1. The molecule has 3 rings (SSSR count). The van der Waals surface area contributed by atoms with Crippen LogP contribution >= 0.6 is 0 Å². The van der Waals surface area contributed by atoms with Gasteiger partial charge in [0.25, 0.3) is 0 Å². The van der Waals surface area contributed by atoms with Gasteiger partial charge >= 0.3 is 6.03 Å². The normalized spacial score (nSPS) is 14.2. The number of nitrogens with two attached hydrogens (primary N) is 1. The van der Waals surface area contributed by atoms with Crippen LogP contribution in [0.15, 0.2) is 12.1 Å². The van der Waals surface area contributed by atoms with E-state index in [9.17, 15) is 4.79 Å². The standard InChI is InChI=1S/C15H21N7O3/c1-24-11-7-9-10(8-12(11)25-2)18-15(22-5-3-17-4-6-22)19-13(9)20-21-14(16)23/h7-8,17H,3-6H2,1-2H3,(H3,16,21,23)(H,18,19,20). The number of hydrogen-bond donors (Lipinski definition) is 4. The van der Waals surface area contributed by atoms with Crippen molar-refractivity contribution in [2.75, 3.05) is 50.7 Å². The van der Waals surface area contributed by atoms with Crippen molar-refractivity contribution >= 4 is 28.7 Å². The van der Waals surface area contributed by atoms with Crippen molar-refractivity contribution in [1.82, 2.24) is 20.7 Å². The fourth-order valence-electron chi connectivity index (χ4n) is 2.67. The Bertz CT molecular complexity index is 777. The molecular weight excluding hydrogens is 326 g/mol. The first-order valence-corrected chi connectivity index (χ1v) is 7.83.